The number of anilines is 2. The van der Waals surface area contributed by atoms with Gasteiger partial charge in [-0.3, -0.25) is 0 Å². The van der Waals surface area contributed by atoms with Crippen molar-refractivity contribution in [3.8, 4) is 17.6 Å². The van der Waals surface area contributed by atoms with Gasteiger partial charge in [0.2, 0.25) is 0 Å². The molecule has 0 saturated carbocycles. The SMILES string of the molecule is Cc1c(Nc2ccc(OCc3ccccc3)cc2OCCC2CCCCN2C(=O)OC(C)(C)C)cc(C#N)n1C. The zero-order chi connectivity index (χ0) is 28.7. The van der Waals surface area contributed by atoms with Crippen molar-refractivity contribution < 1.29 is 19.0 Å². The molecule has 212 valence electrons. The van der Waals surface area contributed by atoms with Gasteiger partial charge in [-0.05, 0) is 70.7 Å². The Morgan fingerprint density at radius 1 is 1.07 bits per heavy atom. The molecule has 8 nitrogen and oxygen atoms in total. The molecule has 1 N–H and O–H groups in total. The molecule has 0 spiro atoms. The third kappa shape index (κ3) is 7.50. The van der Waals surface area contributed by atoms with Crippen molar-refractivity contribution >= 4 is 17.5 Å². The summed E-state index contributed by atoms with van der Waals surface area (Å²) in [5.74, 6) is 1.34. The molecule has 1 amide bonds. The Balaban J connectivity index is 1.49. The maximum atomic E-state index is 12.8. The Hall–Kier alpha value is -4.12. The fraction of sp³-hybridized carbons (Fsp3) is 0.438. The van der Waals surface area contributed by atoms with E-state index in [1.54, 1.807) is 0 Å². The Morgan fingerprint density at radius 3 is 2.55 bits per heavy atom. The van der Waals surface area contributed by atoms with Crippen molar-refractivity contribution in [3.63, 3.8) is 0 Å². The summed E-state index contributed by atoms with van der Waals surface area (Å²) in [6, 6.07) is 19.9. The minimum absolute atomic E-state index is 0.0621. The van der Waals surface area contributed by atoms with E-state index in [0.717, 1.165) is 41.9 Å². The summed E-state index contributed by atoms with van der Waals surface area (Å²) in [4.78, 5) is 14.7. The Kier molecular flexibility index (Phi) is 9.26. The summed E-state index contributed by atoms with van der Waals surface area (Å²) in [7, 11) is 1.87. The molecule has 0 radical (unpaired) electrons. The van der Waals surface area contributed by atoms with Crippen molar-refractivity contribution in [2.24, 2.45) is 7.05 Å². The van der Waals surface area contributed by atoms with E-state index in [0.29, 0.717) is 43.4 Å². The average Bonchev–Trinajstić information content (AvgIpc) is 3.20. The van der Waals surface area contributed by atoms with Gasteiger partial charge < -0.3 is 29.0 Å². The highest BCUT2D eigenvalue weighted by Crippen LogP contribution is 2.34. The number of carbonyl (C=O) groups excluding carboxylic acids is 1. The Bertz CT molecular complexity index is 1340. The van der Waals surface area contributed by atoms with Crippen molar-refractivity contribution in [2.45, 2.75) is 71.6 Å². The molecule has 1 aromatic heterocycles. The minimum Gasteiger partial charge on any atom is -0.491 e. The number of aromatic nitrogens is 1. The summed E-state index contributed by atoms with van der Waals surface area (Å²) in [5.41, 5.74) is 3.68. The highest BCUT2D eigenvalue weighted by molar-refractivity contribution is 5.70. The maximum Gasteiger partial charge on any atom is 0.410 e. The lowest BCUT2D eigenvalue weighted by Gasteiger charge is -2.36. The van der Waals surface area contributed by atoms with Crippen LogP contribution in [0.5, 0.6) is 11.5 Å². The lowest BCUT2D eigenvalue weighted by molar-refractivity contribution is 0.00744. The summed E-state index contributed by atoms with van der Waals surface area (Å²) in [6.07, 6.45) is 3.41. The molecule has 40 heavy (non-hydrogen) atoms. The molecule has 8 heteroatoms. The van der Waals surface area contributed by atoms with Crippen LogP contribution in [0.15, 0.2) is 54.6 Å². The van der Waals surface area contributed by atoms with Crippen LogP contribution in [0.25, 0.3) is 0 Å². The second-order valence-corrected chi connectivity index (χ2v) is 11.2. The van der Waals surface area contributed by atoms with Crippen LogP contribution in [0.3, 0.4) is 0 Å². The van der Waals surface area contributed by atoms with Gasteiger partial charge in [-0.15, -0.1) is 0 Å². The molecule has 2 aromatic carbocycles. The van der Waals surface area contributed by atoms with Crippen LogP contribution in [0, 0.1) is 18.3 Å². The number of hydrogen-bond donors (Lipinski definition) is 1. The summed E-state index contributed by atoms with van der Waals surface area (Å²) >= 11 is 0. The first-order valence-electron chi connectivity index (χ1n) is 13.9. The van der Waals surface area contributed by atoms with Crippen molar-refractivity contribution in [1.82, 2.24) is 9.47 Å². The predicted molar refractivity (Wildman–Crippen MR) is 156 cm³/mol. The van der Waals surface area contributed by atoms with Gasteiger partial charge in [-0.25, -0.2) is 4.79 Å². The molecule has 1 aliphatic rings. The average molecular weight is 545 g/mol. The minimum atomic E-state index is -0.530. The third-order valence-corrected chi connectivity index (χ3v) is 7.08. The van der Waals surface area contributed by atoms with Gasteiger partial charge in [0.25, 0.3) is 0 Å². The summed E-state index contributed by atoms with van der Waals surface area (Å²) in [6.45, 7) is 9.22. The number of nitrogens with one attached hydrogen (secondary N) is 1. The molecule has 1 unspecified atom stereocenters. The Morgan fingerprint density at radius 2 is 1.85 bits per heavy atom. The molecule has 1 aliphatic heterocycles. The number of piperidine rings is 1. The number of nitriles is 1. The molecular weight excluding hydrogens is 504 g/mol. The van der Waals surface area contributed by atoms with Gasteiger partial charge in [0, 0.05) is 37.8 Å². The molecule has 4 rings (SSSR count). The molecule has 1 atom stereocenters. The van der Waals surface area contributed by atoms with E-state index in [-0.39, 0.29) is 12.1 Å². The zero-order valence-electron chi connectivity index (χ0n) is 24.2. The van der Waals surface area contributed by atoms with Crippen LogP contribution in [-0.2, 0) is 18.4 Å². The first-order chi connectivity index (χ1) is 19.1. The molecule has 0 aliphatic carbocycles. The largest absolute Gasteiger partial charge is 0.491 e. The van der Waals surface area contributed by atoms with Crippen LogP contribution >= 0.6 is 0 Å². The topological polar surface area (TPSA) is 88.8 Å². The number of benzene rings is 2. The van der Waals surface area contributed by atoms with Gasteiger partial charge in [-0.2, -0.15) is 5.26 Å². The van der Waals surface area contributed by atoms with E-state index in [1.165, 1.54) is 0 Å². The van der Waals surface area contributed by atoms with Crippen LogP contribution in [-0.4, -0.2) is 40.4 Å². The molecule has 0 bridgehead atoms. The van der Waals surface area contributed by atoms with E-state index < -0.39 is 5.60 Å². The first-order valence-corrected chi connectivity index (χ1v) is 13.9. The van der Waals surface area contributed by atoms with E-state index in [9.17, 15) is 10.1 Å². The van der Waals surface area contributed by atoms with Gasteiger partial charge >= 0.3 is 6.09 Å². The fourth-order valence-corrected chi connectivity index (χ4v) is 4.80. The molecule has 3 aromatic rings. The number of amides is 1. The van der Waals surface area contributed by atoms with Crippen molar-refractivity contribution in [2.75, 3.05) is 18.5 Å². The van der Waals surface area contributed by atoms with Crippen molar-refractivity contribution in [1.29, 1.82) is 5.26 Å². The first kappa shape index (κ1) is 28.9. The quantitative estimate of drug-likeness (QED) is 0.309. The van der Waals surface area contributed by atoms with Crippen LogP contribution in [0.4, 0.5) is 16.2 Å². The number of carbonyl (C=O) groups is 1. The Labute approximate surface area is 237 Å². The van der Waals surface area contributed by atoms with E-state index in [2.05, 4.69) is 11.4 Å². The zero-order valence-corrected chi connectivity index (χ0v) is 24.2. The van der Waals surface area contributed by atoms with Crippen LogP contribution in [0.1, 0.15) is 63.4 Å². The second-order valence-electron chi connectivity index (χ2n) is 11.2. The van der Waals surface area contributed by atoms with Crippen LogP contribution < -0.4 is 14.8 Å². The number of nitrogens with zero attached hydrogens (tertiary/aromatic N) is 3. The van der Waals surface area contributed by atoms with Gasteiger partial charge in [0.15, 0.2) is 0 Å². The number of ether oxygens (including phenoxy) is 3. The summed E-state index contributed by atoms with van der Waals surface area (Å²) in [5, 5.41) is 12.9. The smallest absolute Gasteiger partial charge is 0.410 e. The van der Waals surface area contributed by atoms with Gasteiger partial charge in [0.1, 0.15) is 35.5 Å². The lowest BCUT2D eigenvalue weighted by Crippen LogP contribution is -2.46. The highest BCUT2D eigenvalue weighted by atomic mass is 16.6. The van der Waals surface area contributed by atoms with E-state index in [1.807, 2.05) is 98.8 Å². The monoisotopic (exact) mass is 544 g/mol. The normalized spacial score (nSPS) is 15.3. The van der Waals surface area contributed by atoms with E-state index >= 15 is 0 Å². The molecule has 1 saturated heterocycles. The molecular formula is C32H40N4O4. The number of likely N-dealkylation sites (tertiary alicyclic amines) is 1. The predicted octanol–water partition coefficient (Wildman–Crippen LogP) is 7.09. The van der Waals surface area contributed by atoms with Gasteiger partial charge in [-0.1, -0.05) is 30.3 Å². The molecule has 2 heterocycles. The number of hydrogen-bond acceptors (Lipinski definition) is 6. The van der Waals surface area contributed by atoms with Crippen LogP contribution in [0.2, 0.25) is 0 Å². The van der Waals surface area contributed by atoms with Gasteiger partial charge in [0.05, 0.1) is 18.0 Å². The third-order valence-electron chi connectivity index (χ3n) is 7.08. The lowest BCUT2D eigenvalue weighted by atomic mass is 10.0. The van der Waals surface area contributed by atoms with E-state index in [4.69, 9.17) is 14.2 Å². The highest BCUT2D eigenvalue weighted by Gasteiger charge is 2.30. The maximum absolute atomic E-state index is 12.8. The summed E-state index contributed by atoms with van der Waals surface area (Å²) < 4.78 is 19.9. The standard InChI is InChI=1S/C32H40N4O4/c1-23-29(19-26(21-33)35(23)5)34-28-15-14-27(39-22-24-11-7-6-8-12-24)20-30(28)38-18-16-25-13-9-10-17-36(25)31(37)40-32(2,3)4/h6-8,11-12,14-15,19-20,25,34H,9-10,13,16-18,22H2,1-5H3. The van der Waals surface area contributed by atoms with Crippen molar-refractivity contribution in [3.05, 3.63) is 71.5 Å². The molecule has 1 fully saturated rings. The fourth-order valence-electron chi connectivity index (χ4n) is 4.80. The number of rotatable bonds is 9. The second kappa shape index (κ2) is 12.8.